The number of hydrogen-bond acceptors (Lipinski definition) is 5. The summed E-state index contributed by atoms with van der Waals surface area (Å²) in [6, 6.07) is 2.04. The Labute approximate surface area is 176 Å². The van der Waals surface area contributed by atoms with E-state index in [1.54, 1.807) is 22.8 Å². The van der Waals surface area contributed by atoms with Crippen molar-refractivity contribution in [2.45, 2.75) is 57.2 Å². The lowest BCUT2D eigenvalue weighted by Crippen LogP contribution is -2.58. The molecule has 3 aliphatic rings. The van der Waals surface area contributed by atoms with Crippen molar-refractivity contribution in [2.75, 3.05) is 13.7 Å². The molecule has 3 atom stereocenters. The molecule has 0 saturated heterocycles. The van der Waals surface area contributed by atoms with Crippen LogP contribution in [0, 0.1) is 5.92 Å². The predicted octanol–water partition coefficient (Wildman–Crippen LogP) is 1.09. The third-order valence-electron chi connectivity index (χ3n) is 6.66. The van der Waals surface area contributed by atoms with Crippen LogP contribution >= 0.6 is 11.3 Å². The van der Waals surface area contributed by atoms with Gasteiger partial charge in [-0.2, -0.15) is 0 Å². The zero-order valence-electron chi connectivity index (χ0n) is 17.0. The maximum Gasteiger partial charge on any atom is 0.329 e. The molecule has 1 saturated carbocycles. The van der Waals surface area contributed by atoms with Crippen molar-refractivity contribution >= 4 is 22.7 Å². The van der Waals surface area contributed by atoms with Gasteiger partial charge in [0.25, 0.3) is 5.56 Å². The molecule has 8 heteroatoms. The molecule has 160 valence electrons. The molecule has 2 aromatic rings. The maximum absolute atomic E-state index is 15.8. The number of aliphatic hydroxyl groups is 1. The highest BCUT2D eigenvalue weighted by atomic mass is 32.1. The number of methoxy groups -OCH3 is 1. The first-order chi connectivity index (χ1) is 14.4. The summed E-state index contributed by atoms with van der Waals surface area (Å²) in [7, 11) is 1.48. The number of rotatable bonds is 4. The van der Waals surface area contributed by atoms with Gasteiger partial charge in [0, 0.05) is 22.4 Å². The number of halogens is 1. The smallest absolute Gasteiger partial charge is 0.329 e. The normalized spacial score (nSPS) is 25.8. The van der Waals surface area contributed by atoms with E-state index in [2.05, 4.69) is 4.98 Å². The van der Waals surface area contributed by atoms with Crippen LogP contribution in [-0.4, -0.2) is 34.5 Å². The molecule has 0 bridgehead atoms. The lowest BCUT2D eigenvalue weighted by Gasteiger charge is -2.27. The predicted molar refractivity (Wildman–Crippen MR) is 113 cm³/mol. The molecule has 3 aliphatic carbocycles. The first kappa shape index (κ1) is 19.8. The van der Waals surface area contributed by atoms with E-state index in [-0.39, 0.29) is 23.8 Å². The molecule has 3 unspecified atom stereocenters. The van der Waals surface area contributed by atoms with E-state index in [1.807, 2.05) is 6.07 Å². The monoisotopic (exact) mass is 432 g/mol. The van der Waals surface area contributed by atoms with Crippen LogP contribution in [0.5, 0.6) is 0 Å². The van der Waals surface area contributed by atoms with E-state index in [9.17, 15) is 14.7 Å². The Balaban J connectivity index is 1.77. The highest BCUT2D eigenvalue weighted by Crippen LogP contribution is 2.43. The van der Waals surface area contributed by atoms with E-state index in [1.165, 1.54) is 12.0 Å². The molecule has 2 aromatic heterocycles. The molecule has 5 rings (SSSR count). The molecule has 0 amide bonds. The molecule has 6 nitrogen and oxygen atoms in total. The molecule has 1 fully saturated rings. The van der Waals surface area contributed by atoms with Crippen LogP contribution in [0.1, 0.15) is 53.5 Å². The summed E-state index contributed by atoms with van der Waals surface area (Å²) in [5, 5.41) is 10.2. The SMILES string of the molecule is COC1=c2c(c(=O)[nH]c(=O)n2C2CC2)=C(C)C(F)C1c1cc2c(s1)CCC(CO)C2. The third-order valence-corrected chi connectivity index (χ3v) is 7.98. The molecular formula is C22H25FN2O4S. The van der Waals surface area contributed by atoms with Gasteiger partial charge in [0.1, 0.15) is 11.9 Å². The molecule has 0 aromatic carbocycles. The molecular weight excluding hydrogens is 407 g/mol. The highest BCUT2D eigenvalue weighted by molar-refractivity contribution is 7.12. The summed E-state index contributed by atoms with van der Waals surface area (Å²) in [6.45, 7) is 1.79. The van der Waals surface area contributed by atoms with Gasteiger partial charge in [-0.05, 0) is 62.1 Å². The summed E-state index contributed by atoms with van der Waals surface area (Å²) in [5.41, 5.74) is 0.482. The summed E-state index contributed by atoms with van der Waals surface area (Å²) in [6.07, 6.45) is 2.90. The number of H-pyrrole nitrogens is 1. The van der Waals surface area contributed by atoms with Crippen molar-refractivity contribution in [2.24, 2.45) is 5.92 Å². The number of fused-ring (bicyclic) bond motifs is 2. The van der Waals surface area contributed by atoms with E-state index >= 15 is 4.39 Å². The second kappa shape index (κ2) is 7.20. The molecule has 30 heavy (non-hydrogen) atoms. The molecule has 0 aliphatic heterocycles. The number of aromatic amines is 1. The average molecular weight is 433 g/mol. The van der Waals surface area contributed by atoms with E-state index < -0.39 is 23.3 Å². The Morgan fingerprint density at radius 2 is 2.10 bits per heavy atom. The zero-order chi connectivity index (χ0) is 21.2. The lowest BCUT2D eigenvalue weighted by atomic mass is 9.86. The van der Waals surface area contributed by atoms with Crippen LogP contribution in [0.4, 0.5) is 4.39 Å². The Bertz CT molecular complexity index is 1250. The van der Waals surface area contributed by atoms with E-state index in [0.29, 0.717) is 16.7 Å². The largest absolute Gasteiger partial charge is 0.498 e. The van der Waals surface area contributed by atoms with Crippen molar-refractivity contribution < 1.29 is 14.2 Å². The van der Waals surface area contributed by atoms with Crippen molar-refractivity contribution in [3.8, 4) is 0 Å². The second-order valence-electron chi connectivity index (χ2n) is 8.60. The Morgan fingerprint density at radius 1 is 1.33 bits per heavy atom. The topological polar surface area (TPSA) is 84.3 Å². The summed E-state index contributed by atoms with van der Waals surface area (Å²) >= 11 is 1.58. The number of ether oxygens (including phenoxy) is 1. The number of aromatic nitrogens is 2. The van der Waals surface area contributed by atoms with Gasteiger partial charge in [-0.3, -0.25) is 14.3 Å². The lowest BCUT2D eigenvalue weighted by molar-refractivity contribution is 0.214. The van der Waals surface area contributed by atoms with E-state index in [4.69, 9.17) is 4.74 Å². The minimum Gasteiger partial charge on any atom is -0.498 e. The van der Waals surface area contributed by atoms with Crippen LogP contribution in [0.15, 0.2) is 15.7 Å². The van der Waals surface area contributed by atoms with Crippen molar-refractivity contribution in [1.82, 2.24) is 9.55 Å². The van der Waals surface area contributed by atoms with Crippen LogP contribution < -0.4 is 21.8 Å². The van der Waals surface area contributed by atoms with Gasteiger partial charge < -0.3 is 9.84 Å². The van der Waals surface area contributed by atoms with Crippen molar-refractivity contribution in [3.63, 3.8) is 0 Å². The maximum atomic E-state index is 15.8. The quantitative estimate of drug-likeness (QED) is 0.758. The minimum absolute atomic E-state index is 0.0136. The Morgan fingerprint density at radius 3 is 2.77 bits per heavy atom. The summed E-state index contributed by atoms with van der Waals surface area (Å²) in [5.74, 6) is -0.0848. The fourth-order valence-electron chi connectivity index (χ4n) is 4.93. The summed E-state index contributed by atoms with van der Waals surface area (Å²) < 4.78 is 23.1. The van der Waals surface area contributed by atoms with Crippen molar-refractivity contribution in [3.05, 3.63) is 52.8 Å². The fourth-order valence-corrected chi connectivity index (χ4v) is 6.27. The third kappa shape index (κ3) is 2.92. The van der Waals surface area contributed by atoms with E-state index in [0.717, 1.165) is 42.5 Å². The molecule has 2 heterocycles. The van der Waals surface area contributed by atoms with Crippen LogP contribution in [-0.2, 0) is 17.6 Å². The van der Waals surface area contributed by atoms with Crippen LogP contribution in [0.25, 0.3) is 11.3 Å². The molecule has 0 spiro atoms. The number of aliphatic hydroxyl groups excluding tert-OH is 1. The average Bonchev–Trinajstić information content (AvgIpc) is 3.47. The molecule has 2 N–H and O–H groups in total. The van der Waals surface area contributed by atoms with Crippen molar-refractivity contribution in [1.29, 1.82) is 0 Å². The number of alkyl halides is 1. The zero-order valence-corrected chi connectivity index (χ0v) is 17.9. The highest BCUT2D eigenvalue weighted by Gasteiger charge is 2.39. The van der Waals surface area contributed by atoms with Gasteiger partial charge in [0.2, 0.25) is 0 Å². The Hall–Kier alpha value is -2.19. The standard InChI is InChI=1S/C22H25FN2O4S/c1-10-16-19(25(13-4-5-13)22(28)24-21(16)27)20(29-2)17(18(10)23)15-8-12-7-11(9-26)3-6-14(12)30-15/h8,11,13,17-18,26H,3-7,9H2,1-2H3,(H,24,27,28). The van der Waals surface area contributed by atoms with Gasteiger partial charge in [-0.15, -0.1) is 11.3 Å². The van der Waals surface area contributed by atoms with Gasteiger partial charge in [-0.1, -0.05) is 0 Å². The van der Waals surface area contributed by atoms with Gasteiger partial charge in [-0.25, -0.2) is 9.18 Å². The molecule has 0 radical (unpaired) electrons. The number of hydrogen-bond donors (Lipinski definition) is 2. The minimum atomic E-state index is -1.41. The van der Waals surface area contributed by atoms with Crippen LogP contribution in [0.2, 0.25) is 0 Å². The summed E-state index contributed by atoms with van der Waals surface area (Å²) in [4.78, 5) is 29.7. The number of nitrogens with zero attached hydrogens (tertiary/aromatic N) is 1. The van der Waals surface area contributed by atoms with Crippen LogP contribution in [0.3, 0.4) is 0 Å². The van der Waals surface area contributed by atoms with Gasteiger partial charge >= 0.3 is 5.69 Å². The second-order valence-corrected chi connectivity index (χ2v) is 9.77. The number of nitrogens with one attached hydrogen (secondary N) is 1. The van der Waals surface area contributed by atoms with Gasteiger partial charge in [0.15, 0.2) is 0 Å². The first-order valence-electron chi connectivity index (χ1n) is 10.4. The fraction of sp³-hybridized carbons (Fsp3) is 0.545. The Kier molecular flexibility index (Phi) is 4.74. The number of thiophene rings is 1. The first-order valence-corrected chi connectivity index (χ1v) is 11.3. The van der Waals surface area contributed by atoms with Gasteiger partial charge in [0.05, 0.1) is 23.6 Å². The number of aryl methyl sites for hydroxylation is 1.